The van der Waals surface area contributed by atoms with Crippen molar-refractivity contribution in [1.82, 2.24) is 0 Å². The van der Waals surface area contributed by atoms with Gasteiger partial charge in [0.1, 0.15) is 0 Å². The topological polar surface area (TPSA) is 29.5 Å². The normalized spacial score (nSPS) is 61.0. The van der Waals surface area contributed by atoms with Crippen LogP contribution in [0, 0.1) is 45.8 Å². The fourth-order valence-electron chi connectivity index (χ4n) is 9.32. The van der Waals surface area contributed by atoms with Crippen LogP contribution in [0.1, 0.15) is 71.6 Å². The molecule has 0 aromatic rings. The highest BCUT2D eigenvalue weighted by Gasteiger charge is 2.77. The third-order valence-electron chi connectivity index (χ3n) is 10.5. The summed E-state index contributed by atoms with van der Waals surface area (Å²) in [5.41, 5.74) is 1.60. The van der Waals surface area contributed by atoms with Crippen molar-refractivity contribution < 1.29 is 9.84 Å². The predicted octanol–water partition coefficient (Wildman–Crippen LogP) is 4.65. The van der Waals surface area contributed by atoms with Crippen LogP contribution in [0.2, 0.25) is 0 Å². The lowest BCUT2D eigenvalue weighted by atomic mass is 9.45. The molecule has 0 aliphatic heterocycles. The first-order valence-corrected chi connectivity index (χ1v) is 10.6. The summed E-state index contributed by atoms with van der Waals surface area (Å²) >= 11 is 0. The van der Waals surface area contributed by atoms with Crippen LogP contribution in [-0.2, 0) is 4.74 Å². The molecule has 0 radical (unpaired) electrons. The molecule has 0 aromatic heterocycles. The van der Waals surface area contributed by atoms with E-state index in [1.165, 1.54) is 51.4 Å². The van der Waals surface area contributed by atoms with Crippen molar-refractivity contribution in [3.8, 4) is 0 Å². The van der Waals surface area contributed by atoms with E-state index in [9.17, 15) is 5.11 Å². The smallest absolute Gasteiger partial charge is 0.0638 e. The first-order valence-electron chi connectivity index (χ1n) is 10.6. The molecule has 5 aliphatic rings. The van der Waals surface area contributed by atoms with Gasteiger partial charge < -0.3 is 9.84 Å². The van der Waals surface area contributed by atoms with Crippen LogP contribution in [0.3, 0.4) is 0 Å². The minimum Gasteiger partial charge on any atom is -0.396 e. The molecule has 5 rings (SSSR count). The lowest BCUT2D eigenvalue weighted by Crippen LogP contribution is -2.56. The Morgan fingerprint density at radius 1 is 1.04 bits per heavy atom. The van der Waals surface area contributed by atoms with Gasteiger partial charge in [-0.05, 0) is 98.2 Å². The van der Waals surface area contributed by atoms with Crippen molar-refractivity contribution in [3.63, 3.8) is 0 Å². The van der Waals surface area contributed by atoms with Crippen LogP contribution in [-0.4, -0.2) is 24.9 Å². The lowest BCUT2D eigenvalue weighted by Gasteiger charge is -2.60. The van der Waals surface area contributed by atoms with Gasteiger partial charge in [0.25, 0.3) is 0 Å². The number of rotatable bonds is 3. The summed E-state index contributed by atoms with van der Waals surface area (Å²) in [6.45, 7) is 5.61. The van der Waals surface area contributed by atoms with Crippen LogP contribution >= 0.6 is 0 Å². The molecule has 0 bridgehead atoms. The monoisotopic (exact) mass is 332 g/mol. The number of aliphatic hydroxyl groups excluding tert-OH is 1. The Labute approximate surface area is 147 Å². The summed E-state index contributed by atoms with van der Waals surface area (Å²) in [6.07, 6.45) is 12.9. The molecule has 5 aliphatic carbocycles. The maximum Gasteiger partial charge on any atom is 0.0638 e. The SMILES string of the molecule is CO[C@@H]1C[C@H]2[C@@H]3CC[C@H](CCO)[C@@]3(C)CC[C@@H]2[C@@]2(C)CC[C@H]3C[C@]312. The third kappa shape index (κ3) is 1.66. The molecule has 24 heavy (non-hydrogen) atoms. The molecule has 0 saturated heterocycles. The molecule has 0 heterocycles. The Hall–Kier alpha value is -0.0800. The van der Waals surface area contributed by atoms with E-state index < -0.39 is 0 Å². The molecular formula is C22H36O2. The van der Waals surface area contributed by atoms with E-state index in [4.69, 9.17) is 4.74 Å². The van der Waals surface area contributed by atoms with Gasteiger partial charge in [0, 0.05) is 19.1 Å². The maximum absolute atomic E-state index is 9.53. The molecule has 1 N–H and O–H groups in total. The summed E-state index contributed by atoms with van der Waals surface area (Å²) < 4.78 is 6.18. The highest BCUT2D eigenvalue weighted by atomic mass is 16.5. The van der Waals surface area contributed by atoms with Gasteiger partial charge >= 0.3 is 0 Å². The molecule has 5 saturated carbocycles. The van der Waals surface area contributed by atoms with Gasteiger partial charge in [-0.2, -0.15) is 0 Å². The fourth-order valence-corrected chi connectivity index (χ4v) is 9.32. The third-order valence-corrected chi connectivity index (χ3v) is 10.5. The van der Waals surface area contributed by atoms with E-state index >= 15 is 0 Å². The summed E-state index contributed by atoms with van der Waals surface area (Å²) in [4.78, 5) is 0. The minimum absolute atomic E-state index is 0.379. The zero-order valence-electron chi connectivity index (χ0n) is 15.9. The molecule has 136 valence electrons. The van der Waals surface area contributed by atoms with Crippen molar-refractivity contribution in [1.29, 1.82) is 0 Å². The lowest BCUT2D eigenvalue weighted by molar-refractivity contribution is -0.159. The second-order valence-electron chi connectivity index (χ2n) is 10.6. The van der Waals surface area contributed by atoms with Gasteiger partial charge in [0.15, 0.2) is 0 Å². The van der Waals surface area contributed by atoms with Crippen LogP contribution in [0.25, 0.3) is 0 Å². The molecule has 0 amide bonds. The van der Waals surface area contributed by atoms with Crippen molar-refractivity contribution in [3.05, 3.63) is 0 Å². The zero-order chi connectivity index (χ0) is 16.7. The number of methoxy groups -OCH3 is 1. The Bertz CT molecular complexity index is 532. The molecule has 5 fully saturated rings. The standard InChI is InChI=1S/C22H36O2/c1-20-9-7-18-16(17(20)5-4-14(20)8-11-23)12-19(24-3)22-13-15(22)6-10-21(18,22)2/h14-19,23H,4-13H2,1-3H3/t14-,15+,16+,17+,18+,19-,20-,21-,22+/m1/s1. The van der Waals surface area contributed by atoms with Gasteiger partial charge in [-0.25, -0.2) is 0 Å². The van der Waals surface area contributed by atoms with E-state index in [1.54, 1.807) is 0 Å². The highest BCUT2D eigenvalue weighted by molar-refractivity contribution is 5.25. The molecule has 0 aromatic carbocycles. The van der Waals surface area contributed by atoms with Crippen LogP contribution in [0.15, 0.2) is 0 Å². The van der Waals surface area contributed by atoms with Gasteiger partial charge in [-0.1, -0.05) is 13.8 Å². The minimum atomic E-state index is 0.379. The van der Waals surface area contributed by atoms with Crippen molar-refractivity contribution in [2.45, 2.75) is 77.7 Å². The molecule has 1 spiro atoms. The van der Waals surface area contributed by atoms with Crippen molar-refractivity contribution in [2.75, 3.05) is 13.7 Å². The fraction of sp³-hybridized carbons (Fsp3) is 1.00. The summed E-state index contributed by atoms with van der Waals surface area (Å²) in [6, 6.07) is 0. The molecule has 2 nitrogen and oxygen atoms in total. The average Bonchev–Trinajstić information content (AvgIpc) is 3.10. The number of fused-ring (bicyclic) bond motifs is 4. The first-order chi connectivity index (χ1) is 11.5. The molecule has 0 unspecified atom stereocenters. The van der Waals surface area contributed by atoms with Gasteiger partial charge in [0.2, 0.25) is 0 Å². The maximum atomic E-state index is 9.53. The summed E-state index contributed by atoms with van der Waals surface area (Å²) in [5, 5.41) is 9.53. The van der Waals surface area contributed by atoms with Crippen molar-refractivity contribution >= 4 is 0 Å². The van der Waals surface area contributed by atoms with Crippen LogP contribution in [0.4, 0.5) is 0 Å². The van der Waals surface area contributed by atoms with Crippen LogP contribution < -0.4 is 0 Å². The van der Waals surface area contributed by atoms with E-state index in [2.05, 4.69) is 13.8 Å². The van der Waals surface area contributed by atoms with Gasteiger partial charge in [0.05, 0.1) is 6.10 Å². The van der Waals surface area contributed by atoms with E-state index in [0.29, 0.717) is 29.0 Å². The number of aliphatic hydroxyl groups is 1. The largest absolute Gasteiger partial charge is 0.396 e. The Balaban J connectivity index is 1.49. The first kappa shape index (κ1) is 16.1. The number of hydrogen-bond acceptors (Lipinski definition) is 2. The number of ether oxygens (including phenoxy) is 1. The van der Waals surface area contributed by atoms with E-state index in [-0.39, 0.29) is 0 Å². The average molecular weight is 333 g/mol. The predicted molar refractivity (Wildman–Crippen MR) is 95.5 cm³/mol. The quantitative estimate of drug-likeness (QED) is 0.815. The second kappa shape index (κ2) is 5.00. The Morgan fingerprint density at radius 2 is 1.88 bits per heavy atom. The van der Waals surface area contributed by atoms with Gasteiger partial charge in [-0.3, -0.25) is 0 Å². The summed E-state index contributed by atoms with van der Waals surface area (Å²) in [5.74, 6) is 4.45. The van der Waals surface area contributed by atoms with Crippen LogP contribution in [0.5, 0.6) is 0 Å². The Kier molecular flexibility index (Phi) is 3.36. The highest BCUT2D eigenvalue weighted by Crippen LogP contribution is 2.82. The Morgan fingerprint density at radius 3 is 2.58 bits per heavy atom. The molecular weight excluding hydrogens is 296 g/mol. The summed E-state index contributed by atoms with van der Waals surface area (Å²) in [7, 11) is 1.99. The number of hydrogen-bond donors (Lipinski definition) is 1. The molecule has 9 atom stereocenters. The van der Waals surface area contributed by atoms with Crippen molar-refractivity contribution in [2.24, 2.45) is 45.8 Å². The zero-order valence-corrected chi connectivity index (χ0v) is 15.9. The second-order valence-corrected chi connectivity index (χ2v) is 10.6. The van der Waals surface area contributed by atoms with Gasteiger partial charge in [-0.15, -0.1) is 0 Å². The van der Waals surface area contributed by atoms with E-state index in [1.807, 2.05) is 7.11 Å². The van der Waals surface area contributed by atoms with E-state index in [0.717, 1.165) is 36.0 Å². The molecule has 2 heteroatoms.